The van der Waals surface area contributed by atoms with Crippen LogP contribution in [0.25, 0.3) is 0 Å². The van der Waals surface area contributed by atoms with Gasteiger partial charge in [0.15, 0.2) is 0 Å². The molecule has 0 aromatic heterocycles. The van der Waals surface area contributed by atoms with Crippen molar-refractivity contribution in [2.75, 3.05) is 13.1 Å². The maximum atomic E-state index is 12.0. The minimum Gasteiger partial charge on any atom is -0.352 e. The van der Waals surface area contributed by atoms with Crippen molar-refractivity contribution >= 4 is 18.3 Å². The Labute approximate surface area is 134 Å². The monoisotopic (exact) mass is 310 g/mol. The molecule has 1 aliphatic heterocycles. The first-order valence-corrected chi connectivity index (χ1v) is 7.68. The fourth-order valence-corrected chi connectivity index (χ4v) is 2.80. The Balaban J connectivity index is 0.00000220. The Kier molecular flexibility index (Phi) is 7.76. The summed E-state index contributed by atoms with van der Waals surface area (Å²) in [5, 5.41) is 6.45. The van der Waals surface area contributed by atoms with Crippen LogP contribution in [0.5, 0.6) is 0 Å². The van der Waals surface area contributed by atoms with E-state index in [1.807, 2.05) is 0 Å². The van der Waals surface area contributed by atoms with Crippen LogP contribution in [0.15, 0.2) is 24.3 Å². The van der Waals surface area contributed by atoms with Crippen LogP contribution < -0.4 is 10.6 Å². The number of nitrogens with one attached hydrogen (secondary N) is 2. The van der Waals surface area contributed by atoms with E-state index in [2.05, 4.69) is 48.7 Å². The summed E-state index contributed by atoms with van der Waals surface area (Å²) in [6.07, 6.45) is 3.12. The van der Waals surface area contributed by atoms with Gasteiger partial charge in [-0.05, 0) is 50.3 Å². The first kappa shape index (κ1) is 18.0. The highest BCUT2D eigenvalue weighted by molar-refractivity contribution is 5.85. The molecule has 0 radical (unpaired) electrons. The highest BCUT2D eigenvalue weighted by Gasteiger charge is 2.21. The van der Waals surface area contributed by atoms with Gasteiger partial charge >= 0.3 is 0 Å². The first-order chi connectivity index (χ1) is 9.65. The number of benzene rings is 1. The average molecular weight is 311 g/mol. The number of carbonyl (C=O) groups is 1. The standard InChI is InChI=1S/C17H26N2O.ClH/c1-13-5-7-15(8-6-13)11-19-17(20)10-14(2)16-4-3-9-18-12-16;/h5-8,14,16,18H,3-4,9-12H2,1-2H3,(H,19,20);1H. The fourth-order valence-electron chi connectivity index (χ4n) is 2.80. The predicted molar refractivity (Wildman–Crippen MR) is 89.6 cm³/mol. The van der Waals surface area contributed by atoms with Gasteiger partial charge in [-0.2, -0.15) is 0 Å². The van der Waals surface area contributed by atoms with Crippen molar-refractivity contribution in [1.29, 1.82) is 0 Å². The second kappa shape index (κ2) is 9.06. The average Bonchev–Trinajstić information content (AvgIpc) is 2.47. The van der Waals surface area contributed by atoms with Crippen molar-refractivity contribution in [2.24, 2.45) is 11.8 Å². The van der Waals surface area contributed by atoms with Gasteiger partial charge < -0.3 is 10.6 Å². The third-order valence-corrected chi connectivity index (χ3v) is 4.26. The van der Waals surface area contributed by atoms with Crippen molar-refractivity contribution in [1.82, 2.24) is 10.6 Å². The predicted octanol–water partition coefficient (Wildman–Crippen LogP) is 3.06. The topological polar surface area (TPSA) is 41.1 Å². The quantitative estimate of drug-likeness (QED) is 0.877. The molecule has 1 aromatic rings. The molecule has 21 heavy (non-hydrogen) atoms. The van der Waals surface area contributed by atoms with Crippen LogP contribution in [0.3, 0.4) is 0 Å². The van der Waals surface area contributed by atoms with E-state index in [1.165, 1.54) is 18.4 Å². The summed E-state index contributed by atoms with van der Waals surface area (Å²) in [5.74, 6) is 1.28. The molecule has 0 bridgehead atoms. The SMILES string of the molecule is Cc1ccc(CNC(=O)CC(C)C2CCCNC2)cc1.Cl. The summed E-state index contributed by atoms with van der Waals surface area (Å²) in [6, 6.07) is 8.31. The van der Waals surface area contributed by atoms with Crippen LogP contribution in [0.1, 0.15) is 37.3 Å². The van der Waals surface area contributed by atoms with Gasteiger partial charge in [0, 0.05) is 13.0 Å². The highest BCUT2D eigenvalue weighted by Crippen LogP contribution is 2.22. The van der Waals surface area contributed by atoms with E-state index in [1.54, 1.807) is 0 Å². The molecular weight excluding hydrogens is 284 g/mol. The number of hydrogen-bond acceptors (Lipinski definition) is 2. The maximum absolute atomic E-state index is 12.0. The Bertz CT molecular complexity index is 427. The molecule has 3 nitrogen and oxygen atoms in total. The lowest BCUT2D eigenvalue weighted by molar-refractivity contribution is -0.122. The molecule has 0 aliphatic carbocycles. The summed E-state index contributed by atoms with van der Waals surface area (Å²) in [5.41, 5.74) is 2.41. The Hall–Kier alpha value is -1.06. The van der Waals surface area contributed by atoms with Crippen molar-refractivity contribution in [3.63, 3.8) is 0 Å². The zero-order chi connectivity index (χ0) is 14.4. The maximum Gasteiger partial charge on any atom is 0.220 e. The van der Waals surface area contributed by atoms with Gasteiger partial charge in [-0.1, -0.05) is 36.8 Å². The number of carbonyl (C=O) groups excluding carboxylic acids is 1. The summed E-state index contributed by atoms with van der Waals surface area (Å²) in [7, 11) is 0. The van der Waals surface area contributed by atoms with Gasteiger partial charge in [0.05, 0.1) is 0 Å². The molecule has 4 heteroatoms. The number of amides is 1. The molecule has 118 valence electrons. The highest BCUT2D eigenvalue weighted by atomic mass is 35.5. The second-order valence-corrected chi connectivity index (χ2v) is 6.05. The van der Waals surface area contributed by atoms with E-state index in [0.29, 0.717) is 24.8 Å². The molecule has 1 aromatic carbocycles. The summed E-state index contributed by atoms with van der Waals surface area (Å²) in [6.45, 7) is 7.09. The van der Waals surface area contributed by atoms with Gasteiger partial charge in [-0.25, -0.2) is 0 Å². The number of rotatable bonds is 5. The third-order valence-electron chi connectivity index (χ3n) is 4.26. The Morgan fingerprint density at radius 2 is 2.10 bits per heavy atom. The van der Waals surface area contributed by atoms with Crippen LogP contribution in [-0.4, -0.2) is 19.0 Å². The van der Waals surface area contributed by atoms with E-state index in [-0.39, 0.29) is 18.3 Å². The lowest BCUT2D eigenvalue weighted by Crippen LogP contribution is -2.35. The smallest absolute Gasteiger partial charge is 0.220 e. The Morgan fingerprint density at radius 3 is 2.71 bits per heavy atom. The van der Waals surface area contributed by atoms with Gasteiger partial charge in [0.1, 0.15) is 0 Å². The molecule has 2 rings (SSSR count). The van der Waals surface area contributed by atoms with Crippen molar-refractivity contribution in [3.05, 3.63) is 35.4 Å². The van der Waals surface area contributed by atoms with E-state index < -0.39 is 0 Å². The molecule has 0 saturated carbocycles. The summed E-state index contributed by atoms with van der Waals surface area (Å²) >= 11 is 0. The number of aryl methyl sites for hydroxylation is 1. The second-order valence-electron chi connectivity index (χ2n) is 6.05. The lowest BCUT2D eigenvalue weighted by Gasteiger charge is -2.28. The van der Waals surface area contributed by atoms with E-state index in [4.69, 9.17) is 0 Å². The molecular formula is C17H27ClN2O. The Morgan fingerprint density at radius 1 is 1.38 bits per heavy atom. The lowest BCUT2D eigenvalue weighted by atomic mass is 9.85. The molecule has 2 N–H and O–H groups in total. The van der Waals surface area contributed by atoms with E-state index >= 15 is 0 Å². The van der Waals surface area contributed by atoms with Crippen LogP contribution in [0.2, 0.25) is 0 Å². The minimum absolute atomic E-state index is 0. The fraction of sp³-hybridized carbons (Fsp3) is 0.588. The molecule has 0 spiro atoms. The number of halogens is 1. The number of hydrogen-bond donors (Lipinski definition) is 2. The first-order valence-electron chi connectivity index (χ1n) is 7.68. The largest absolute Gasteiger partial charge is 0.352 e. The zero-order valence-electron chi connectivity index (χ0n) is 13.0. The van der Waals surface area contributed by atoms with E-state index in [0.717, 1.165) is 18.7 Å². The summed E-state index contributed by atoms with van der Waals surface area (Å²) < 4.78 is 0. The third kappa shape index (κ3) is 6.06. The van der Waals surface area contributed by atoms with Crippen LogP contribution in [-0.2, 0) is 11.3 Å². The molecule has 2 atom stereocenters. The molecule has 1 fully saturated rings. The van der Waals surface area contributed by atoms with Gasteiger partial charge in [-0.3, -0.25) is 4.79 Å². The van der Waals surface area contributed by atoms with Crippen molar-refractivity contribution in [2.45, 2.75) is 39.7 Å². The van der Waals surface area contributed by atoms with Gasteiger partial charge in [0.25, 0.3) is 0 Å². The van der Waals surface area contributed by atoms with E-state index in [9.17, 15) is 4.79 Å². The van der Waals surface area contributed by atoms with Crippen molar-refractivity contribution in [3.8, 4) is 0 Å². The number of piperidine rings is 1. The van der Waals surface area contributed by atoms with Crippen molar-refractivity contribution < 1.29 is 4.79 Å². The van der Waals surface area contributed by atoms with Gasteiger partial charge in [-0.15, -0.1) is 12.4 Å². The molecule has 1 heterocycles. The zero-order valence-corrected chi connectivity index (χ0v) is 13.8. The van der Waals surface area contributed by atoms with Crippen LogP contribution >= 0.6 is 12.4 Å². The van der Waals surface area contributed by atoms with Crippen LogP contribution in [0.4, 0.5) is 0 Å². The molecule has 1 saturated heterocycles. The summed E-state index contributed by atoms with van der Waals surface area (Å²) in [4.78, 5) is 12.0. The molecule has 1 aliphatic rings. The van der Waals surface area contributed by atoms with Gasteiger partial charge in [0.2, 0.25) is 5.91 Å². The minimum atomic E-state index is 0. The normalized spacial score (nSPS) is 19.4. The molecule has 2 unspecified atom stereocenters. The molecule has 1 amide bonds. The van der Waals surface area contributed by atoms with Crippen LogP contribution in [0, 0.1) is 18.8 Å².